The zero-order valence-electron chi connectivity index (χ0n) is 28.6. The van der Waals surface area contributed by atoms with Crippen LogP contribution in [-0.2, 0) is 19.1 Å². The second-order valence-corrected chi connectivity index (χ2v) is 13.6. The lowest BCUT2D eigenvalue weighted by molar-refractivity contribution is -0.168. The third kappa shape index (κ3) is 13.0. The molecular weight excluding hydrogens is 636 g/mol. The first-order valence-electron chi connectivity index (χ1n) is 17.5. The summed E-state index contributed by atoms with van der Waals surface area (Å²) in [5.74, 6) is -0.318. The highest BCUT2D eigenvalue weighted by atomic mass is 16.5. The summed E-state index contributed by atoms with van der Waals surface area (Å²) in [7, 11) is 0. The standard InChI is InChI=1S/C32H60N10O7/c1-17(12-19(34)7-5-11-38-25(44)13-20(35)6-3-9-33)37-10-4-8-21(36)14-26(45)42-28-23(49-18(2)30(46)31(28)47)15-24-40-27-22(43)16-39-32(48)29(27)41-24/h15,18-23,27-31,37,40-41,43,46-47H,1,3-14,16,33-36H2,2H3,(H,38,44)(H,39,48)(H,42,45)/b24-15-/t18?,19-,20-,21-,22+,23?,27+,28?,29+,30?,31?/m0/s1. The lowest BCUT2D eigenvalue weighted by Crippen LogP contribution is -2.62. The molecule has 17 nitrogen and oxygen atoms in total. The molecule has 0 aliphatic carbocycles. The third-order valence-electron chi connectivity index (χ3n) is 9.14. The van der Waals surface area contributed by atoms with Gasteiger partial charge >= 0.3 is 0 Å². The van der Waals surface area contributed by atoms with Crippen LogP contribution in [0, 0.1) is 0 Å². The van der Waals surface area contributed by atoms with Crippen LogP contribution < -0.4 is 54.8 Å². The van der Waals surface area contributed by atoms with Gasteiger partial charge in [0.15, 0.2) is 0 Å². The van der Waals surface area contributed by atoms with Crippen molar-refractivity contribution in [3.05, 3.63) is 24.2 Å². The number of hydrogen-bond acceptors (Lipinski definition) is 14. The molecule has 0 aromatic rings. The summed E-state index contributed by atoms with van der Waals surface area (Å²) in [5.41, 5.74) is 24.7. The maximum atomic E-state index is 13.0. The predicted octanol–water partition coefficient (Wildman–Crippen LogP) is -4.09. The minimum atomic E-state index is -1.32. The number of carbonyl (C=O) groups excluding carboxylic acids is 3. The van der Waals surface area contributed by atoms with Crippen molar-refractivity contribution in [3.63, 3.8) is 0 Å². The van der Waals surface area contributed by atoms with Gasteiger partial charge in [-0.1, -0.05) is 6.58 Å². The Morgan fingerprint density at radius 3 is 2.20 bits per heavy atom. The van der Waals surface area contributed by atoms with E-state index in [1.807, 2.05) is 0 Å². The molecule has 5 unspecified atom stereocenters. The van der Waals surface area contributed by atoms with Gasteiger partial charge in [-0.25, -0.2) is 0 Å². The maximum Gasteiger partial charge on any atom is 0.244 e. The summed E-state index contributed by atoms with van der Waals surface area (Å²) < 4.78 is 5.92. The summed E-state index contributed by atoms with van der Waals surface area (Å²) in [4.78, 5) is 37.2. The topological polar surface area (TPSA) is 297 Å². The smallest absolute Gasteiger partial charge is 0.244 e. The van der Waals surface area contributed by atoms with E-state index in [9.17, 15) is 29.7 Å². The molecule has 3 saturated heterocycles. The number of aliphatic hydroxyl groups is 3. The van der Waals surface area contributed by atoms with Crippen molar-refractivity contribution in [2.75, 3.05) is 26.2 Å². The Morgan fingerprint density at radius 2 is 1.55 bits per heavy atom. The van der Waals surface area contributed by atoms with Gasteiger partial charge in [-0.05, 0) is 58.1 Å². The van der Waals surface area contributed by atoms with Crippen molar-refractivity contribution < 1.29 is 34.4 Å². The van der Waals surface area contributed by atoms with E-state index in [2.05, 4.69) is 38.5 Å². The molecule has 17 heteroatoms. The minimum Gasteiger partial charge on any atom is -0.389 e. The SMILES string of the molecule is C=C(C[C@@H](N)CCCNC(=O)C[C@@H](N)CCCN)NCCC[C@H](N)CC(=O)NC1C(/C=C2/N[C@@H]3[C@H](O)CNC(=O)[C@@H]3N2)OC(C)C(O)C1O. The fraction of sp³-hybridized carbons (Fsp3) is 0.781. The molecule has 280 valence electrons. The van der Waals surface area contributed by atoms with E-state index in [4.69, 9.17) is 27.7 Å². The van der Waals surface area contributed by atoms with Gasteiger partial charge in [0.05, 0.1) is 30.1 Å². The van der Waals surface area contributed by atoms with Gasteiger partial charge in [0, 0.05) is 62.7 Å². The number of piperidine rings is 1. The number of nitrogens with one attached hydrogen (secondary N) is 6. The molecule has 3 rings (SSSR count). The van der Waals surface area contributed by atoms with Crippen molar-refractivity contribution in [2.24, 2.45) is 22.9 Å². The summed E-state index contributed by atoms with van der Waals surface area (Å²) in [6.45, 7) is 7.48. The highest BCUT2D eigenvalue weighted by molar-refractivity contribution is 5.84. The Labute approximate surface area is 288 Å². The number of carbonyl (C=O) groups is 3. The number of amides is 3. The van der Waals surface area contributed by atoms with E-state index in [1.54, 1.807) is 13.0 Å². The molecule has 3 aliphatic heterocycles. The van der Waals surface area contributed by atoms with E-state index in [1.165, 1.54) is 0 Å². The fourth-order valence-corrected chi connectivity index (χ4v) is 6.31. The number of β-amino-alcohol motifs (C(OH)–C–C–N with tert-alkyl or cyclic N) is 1. The van der Waals surface area contributed by atoms with Crippen molar-refractivity contribution in [1.82, 2.24) is 31.9 Å². The Kier molecular flexibility index (Phi) is 16.5. The van der Waals surface area contributed by atoms with Crippen LogP contribution in [0.25, 0.3) is 0 Å². The van der Waals surface area contributed by atoms with Crippen LogP contribution in [0.3, 0.4) is 0 Å². The predicted molar refractivity (Wildman–Crippen MR) is 184 cm³/mol. The second-order valence-electron chi connectivity index (χ2n) is 13.6. The molecule has 49 heavy (non-hydrogen) atoms. The number of fused-ring (bicyclic) bond motifs is 1. The molecule has 0 bridgehead atoms. The first-order valence-corrected chi connectivity index (χ1v) is 17.5. The molecule has 17 N–H and O–H groups in total. The number of nitrogens with two attached hydrogens (primary N) is 4. The third-order valence-corrected chi connectivity index (χ3v) is 9.14. The number of ether oxygens (including phenoxy) is 1. The molecule has 3 heterocycles. The molecule has 0 radical (unpaired) electrons. The molecule has 0 spiro atoms. The van der Waals surface area contributed by atoms with E-state index in [-0.39, 0.29) is 43.3 Å². The number of rotatable bonds is 20. The van der Waals surface area contributed by atoms with Crippen molar-refractivity contribution in [2.45, 2.75) is 131 Å². The molecule has 0 aromatic carbocycles. The Morgan fingerprint density at radius 1 is 0.939 bits per heavy atom. The molecule has 3 aliphatic rings. The van der Waals surface area contributed by atoms with Gasteiger partial charge in [-0.2, -0.15) is 0 Å². The molecule has 0 saturated carbocycles. The summed E-state index contributed by atoms with van der Waals surface area (Å²) in [6.07, 6.45) is 1.76. The average molecular weight is 697 g/mol. The fourth-order valence-electron chi connectivity index (χ4n) is 6.31. The number of hydrogen-bond donors (Lipinski definition) is 13. The monoisotopic (exact) mass is 696 g/mol. The lowest BCUT2D eigenvalue weighted by atomic mass is 9.92. The first-order chi connectivity index (χ1) is 23.3. The van der Waals surface area contributed by atoms with Gasteiger partial charge in [0.2, 0.25) is 17.7 Å². The van der Waals surface area contributed by atoms with Crippen LogP contribution in [0.15, 0.2) is 24.2 Å². The lowest BCUT2D eigenvalue weighted by Gasteiger charge is -2.41. The molecule has 3 amide bonds. The number of aliphatic hydroxyl groups excluding tert-OH is 3. The van der Waals surface area contributed by atoms with Crippen LogP contribution in [0.5, 0.6) is 0 Å². The van der Waals surface area contributed by atoms with E-state index >= 15 is 0 Å². The molecule has 0 aromatic heterocycles. The van der Waals surface area contributed by atoms with Crippen molar-refractivity contribution in [3.8, 4) is 0 Å². The van der Waals surface area contributed by atoms with Gasteiger partial charge in [0.25, 0.3) is 0 Å². The summed E-state index contributed by atoms with van der Waals surface area (Å²) in [6, 6.07) is -2.95. The van der Waals surface area contributed by atoms with Gasteiger partial charge in [-0.15, -0.1) is 0 Å². The van der Waals surface area contributed by atoms with Gasteiger partial charge in [-0.3, -0.25) is 14.4 Å². The van der Waals surface area contributed by atoms with E-state index < -0.39 is 60.6 Å². The molecule has 3 fully saturated rings. The Balaban J connectivity index is 1.34. The first kappa shape index (κ1) is 40.4. The van der Waals surface area contributed by atoms with Crippen LogP contribution >= 0.6 is 0 Å². The van der Waals surface area contributed by atoms with Crippen LogP contribution in [0.2, 0.25) is 0 Å². The zero-order chi connectivity index (χ0) is 36.1. The van der Waals surface area contributed by atoms with E-state index in [0.29, 0.717) is 44.7 Å². The Bertz CT molecular complexity index is 1130. The van der Waals surface area contributed by atoms with Crippen LogP contribution in [0.1, 0.15) is 64.7 Å². The van der Waals surface area contributed by atoms with Crippen LogP contribution in [0.4, 0.5) is 0 Å². The maximum absolute atomic E-state index is 13.0. The molecular formula is C32H60N10O7. The van der Waals surface area contributed by atoms with Gasteiger partial charge in [0.1, 0.15) is 24.4 Å². The molecule has 11 atom stereocenters. The summed E-state index contributed by atoms with van der Waals surface area (Å²) in [5, 5.41) is 49.2. The van der Waals surface area contributed by atoms with Crippen molar-refractivity contribution >= 4 is 17.7 Å². The normalized spacial score (nSPS) is 30.6. The van der Waals surface area contributed by atoms with Crippen molar-refractivity contribution in [1.29, 1.82) is 0 Å². The zero-order valence-corrected chi connectivity index (χ0v) is 28.6. The van der Waals surface area contributed by atoms with Crippen LogP contribution in [-0.4, -0.2) is 126 Å². The second kappa shape index (κ2) is 20.0. The van der Waals surface area contributed by atoms with E-state index in [0.717, 1.165) is 31.4 Å². The summed E-state index contributed by atoms with van der Waals surface area (Å²) >= 11 is 0. The largest absolute Gasteiger partial charge is 0.389 e. The highest BCUT2D eigenvalue weighted by Crippen LogP contribution is 2.24. The Hall–Kier alpha value is -3.03. The van der Waals surface area contributed by atoms with Gasteiger partial charge < -0.3 is 74.9 Å². The average Bonchev–Trinajstić information content (AvgIpc) is 3.48. The minimum absolute atomic E-state index is 0.00678. The highest BCUT2D eigenvalue weighted by Gasteiger charge is 2.46. The quantitative estimate of drug-likeness (QED) is 0.0539.